The third-order valence-electron chi connectivity index (χ3n) is 2.24. The molecule has 0 bridgehead atoms. The number of rotatable bonds is 5. The molecular formula is C12H15Cl2N. The number of nitrogens with one attached hydrogen (secondary N) is 1. The Hall–Kier alpha value is -0.500. The van der Waals surface area contributed by atoms with E-state index in [4.69, 9.17) is 23.2 Å². The van der Waals surface area contributed by atoms with Crippen molar-refractivity contribution in [3.63, 3.8) is 0 Å². The highest BCUT2D eigenvalue weighted by molar-refractivity contribution is 6.36. The van der Waals surface area contributed by atoms with Gasteiger partial charge in [-0.15, -0.1) is 6.58 Å². The standard InChI is InChI=1S/C12H15Cl2N/c1-3-9(15-4-2)8-10-11(13)6-5-7-12(10)14/h3,5-7,9,15H,1,4,8H2,2H3. The van der Waals surface area contributed by atoms with Crippen molar-refractivity contribution in [3.05, 3.63) is 46.5 Å². The van der Waals surface area contributed by atoms with Gasteiger partial charge in [-0.2, -0.15) is 0 Å². The van der Waals surface area contributed by atoms with E-state index in [2.05, 4.69) is 18.8 Å². The van der Waals surface area contributed by atoms with Crippen LogP contribution in [0.15, 0.2) is 30.9 Å². The Kier molecular flexibility index (Phi) is 5.16. The largest absolute Gasteiger partial charge is 0.310 e. The fourth-order valence-electron chi connectivity index (χ4n) is 1.45. The van der Waals surface area contributed by atoms with Gasteiger partial charge >= 0.3 is 0 Å². The van der Waals surface area contributed by atoms with Gasteiger partial charge in [-0.05, 0) is 30.7 Å². The number of hydrogen-bond acceptors (Lipinski definition) is 1. The predicted molar refractivity (Wildman–Crippen MR) is 67.8 cm³/mol. The minimum Gasteiger partial charge on any atom is -0.310 e. The minimum atomic E-state index is 0.215. The highest BCUT2D eigenvalue weighted by Crippen LogP contribution is 2.25. The van der Waals surface area contributed by atoms with Crippen molar-refractivity contribution in [3.8, 4) is 0 Å². The summed E-state index contributed by atoms with van der Waals surface area (Å²) in [4.78, 5) is 0. The molecular weight excluding hydrogens is 229 g/mol. The normalized spacial score (nSPS) is 12.5. The van der Waals surface area contributed by atoms with Gasteiger partial charge in [0.25, 0.3) is 0 Å². The first-order valence-corrected chi connectivity index (χ1v) is 5.73. The van der Waals surface area contributed by atoms with E-state index in [0.29, 0.717) is 10.0 Å². The van der Waals surface area contributed by atoms with E-state index in [1.807, 2.05) is 24.3 Å². The third-order valence-corrected chi connectivity index (χ3v) is 2.94. The molecule has 0 aliphatic rings. The summed E-state index contributed by atoms with van der Waals surface area (Å²) < 4.78 is 0. The van der Waals surface area contributed by atoms with Gasteiger partial charge in [-0.25, -0.2) is 0 Å². The molecule has 0 heterocycles. The quantitative estimate of drug-likeness (QED) is 0.779. The van der Waals surface area contributed by atoms with E-state index in [0.717, 1.165) is 18.5 Å². The van der Waals surface area contributed by atoms with Gasteiger partial charge in [-0.1, -0.05) is 42.3 Å². The Morgan fingerprint density at radius 1 is 1.40 bits per heavy atom. The summed E-state index contributed by atoms with van der Waals surface area (Å²) in [6.45, 7) is 6.75. The van der Waals surface area contributed by atoms with Gasteiger partial charge in [0.15, 0.2) is 0 Å². The van der Waals surface area contributed by atoms with Crippen LogP contribution in [0.5, 0.6) is 0 Å². The average molecular weight is 244 g/mol. The highest BCUT2D eigenvalue weighted by Gasteiger charge is 2.10. The molecule has 0 saturated carbocycles. The maximum Gasteiger partial charge on any atom is 0.0453 e. The molecule has 0 aromatic heterocycles. The van der Waals surface area contributed by atoms with E-state index >= 15 is 0 Å². The Morgan fingerprint density at radius 2 is 2.00 bits per heavy atom. The zero-order chi connectivity index (χ0) is 11.3. The fourth-order valence-corrected chi connectivity index (χ4v) is 2.00. The molecule has 0 radical (unpaired) electrons. The smallest absolute Gasteiger partial charge is 0.0453 e. The SMILES string of the molecule is C=CC(Cc1c(Cl)cccc1Cl)NCC. The number of hydrogen-bond donors (Lipinski definition) is 1. The molecule has 0 aliphatic carbocycles. The number of likely N-dealkylation sites (N-methyl/N-ethyl adjacent to an activating group) is 1. The summed E-state index contributed by atoms with van der Waals surface area (Å²) in [7, 11) is 0. The van der Waals surface area contributed by atoms with Crippen LogP contribution in [-0.4, -0.2) is 12.6 Å². The van der Waals surface area contributed by atoms with Crippen LogP contribution >= 0.6 is 23.2 Å². The molecule has 0 aliphatic heterocycles. The van der Waals surface area contributed by atoms with E-state index in [1.165, 1.54) is 0 Å². The zero-order valence-electron chi connectivity index (χ0n) is 8.76. The predicted octanol–water partition coefficient (Wildman–Crippen LogP) is 3.70. The fraction of sp³-hybridized carbons (Fsp3) is 0.333. The van der Waals surface area contributed by atoms with Crippen LogP contribution in [0.1, 0.15) is 12.5 Å². The van der Waals surface area contributed by atoms with Gasteiger partial charge in [0.2, 0.25) is 0 Å². The molecule has 1 nitrogen and oxygen atoms in total. The molecule has 1 aromatic rings. The van der Waals surface area contributed by atoms with Crippen LogP contribution in [0.4, 0.5) is 0 Å². The maximum atomic E-state index is 6.08. The lowest BCUT2D eigenvalue weighted by Crippen LogP contribution is -2.28. The molecule has 15 heavy (non-hydrogen) atoms. The van der Waals surface area contributed by atoms with Crippen LogP contribution < -0.4 is 5.32 Å². The Bertz CT molecular complexity index is 316. The Balaban J connectivity index is 2.82. The molecule has 0 fully saturated rings. The molecule has 1 N–H and O–H groups in total. The molecule has 1 rings (SSSR count). The van der Waals surface area contributed by atoms with E-state index in [-0.39, 0.29) is 6.04 Å². The first-order valence-electron chi connectivity index (χ1n) is 4.97. The first kappa shape index (κ1) is 12.6. The third kappa shape index (κ3) is 3.53. The summed E-state index contributed by atoms with van der Waals surface area (Å²) in [6, 6.07) is 5.78. The van der Waals surface area contributed by atoms with Crippen molar-refractivity contribution in [2.75, 3.05) is 6.54 Å². The Labute approximate surface area is 101 Å². The van der Waals surface area contributed by atoms with E-state index < -0.39 is 0 Å². The lowest BCUT2D eigenvalue weighted by Gasteiger charge is -2.15. The molecule has 1 atom stereocenters. The average Bonchev–Trinajstić information content (AvgIpc) is 2.22. The minimum absolute atomic E-state index is 0.215. The van der Waals surface area contributed by atoms with Gasteiger partial charge in [0.1, 0.15) is 0 Å². The van der Waals surface area contributed by atoms with Crippen LogP contribution in [0.3, 0.4) is 0 Å². The van der Waals surface area contributed by atoms with Crippen molar-refractivity contribution in [2.45, 2.75) is 19.4 Å². The first-order chi connectivity index (χ1) is 7.19. The molecule has 1 unspecified atom stereocenters. The van der Waals surface area contributed by atoms with Crippen molar-refractivity contribution >= 4 is 23.2 Å². The second kappa shape index (κ2) is 6.16. The topological polar surface area (TPSA) is 12.0 Å². The van der Waals surface area contributed by atoms with Crippen LogP contribution in [0.2, 0.25) is 10.0 Å². The molecule has 0 saturated heterocycles. The maximum absolute atomic E-state index is 6.08. The summed E-state index contributed by atoms with van der Waals surface area (Å²) >= 11 is 12.2. The van der Waals surface area contributed by atoms with Crippen LogP contribution in [0, 0.1) is 0 Å². The van der Waals surface area contributed by atoms with Gasteiger partial charge < -0.3 is 5.32 Å². The van der Waals surface area contributed by atoms with Gasteiger partial charge in [-0.3, -0.25) is 0 Å². The highest BCUT2D eigenvalue weighted by atomic mass is 35.5. The molecule has 3 heteroatoms. The van der Waals surface area contributed by atoms with Crippen LogP contribution in [-0.2, 0) is 6.42 Å². The molecule has 0 spiro atoms. The van der Waals surface area contributed by atoms with Gasteiger partial charge in [0, 0.05) is 16.1 Å². The monoisotopic (exact) mass is 243 g/mol. The zero-order valence-corrected chi connectivity index (χ0v) is 10.3. The van der Waals surface area contributed by atoms with Crippen molar-refractivity contribution in [2.24, 2.45) is 0 Å². The lowest BCUT2D eigenvalue weighted by atomic mass is 10.1. The molecule has 82 valence electrons. The summed E-state index contributed by atoms with van der Waals surface area (Å²) in [6.07, 6.45) is 2.65. The summed E-state index contributed by atoms with van der Waals surface area (Å²) in [5.74, 6) is 0. The van der Waals surface area contributed by atoms with E-state index in [1.54, 1.807) is 0 Å². The van der Waals surface area contributed by atoms with Gasteiger partial charge in [0.05, 0.1) is 0 Å². The van der Waals surface area contributed by atoms with Crippen molar-refractivity contribution < 1.29 is 0 Å². The van der Waals surface area contributed by atoms with Crippen molar-refractivity contribution in [1.29, 1.82) is 0 Å². The molecule has 1 aromatic carbocycles. The Morgan fingerprint density at radius 3 is 2.47 bits per heavy atom. The molecule has 0 amide bonds. The lowest BCUT2D eigenvalue weighted by molar-refractivity contribution is 0.613. The van der Waals surface area contributed by atoms with E-state index in [9.17, 15) is 0 Å². The summed E-state index contributed by atoms with van der Waals surface area (Å²) in [5, 5.41) is 4.73. The number of halogens is 2. The van der Waals surface area contributed by atoms with Crippen LogP contribution in [0.25, 0.3) is 0 Å². The van der Waals surface area contributed by atoms with Crippen molar-refractivity contribution in [1.82, 2.24) is 5.32 Å². The second-order valence-corrected chi connectivity index (χ2v) is 4.12. The number of benzene rings is 1. The second-order valence-electron chi connectivity index (χ2n) is 3.30. The summed E-state index contributed by atoms with van der Waals surface area (Å²) in [5.41, 5.74) is 0.978.